The van der Waals surface area contributed by atoms with Gasteiger partial charge in [0.05, 0.1) is 0 Å². The lowest BCUT2D eigenvalue weighted by molar-refractivity contribution is 1.54. The third-order valence-electron chi connectivity index (χ3n) is 2.10. The normalized spacial score (nSPS) is 13.1. The van der Waals surface area contributed by atoms with E-state index in [0.29, 0.717) is 0 Å². The Hall–Kier alpha value is -1.34. The lowest BCUT2D eigenvalue weighted by Gasteiger charge is -1.89. The fraction of sp³-hybridized carbons (Fsp3) is 0.143. The summed E-state index contributed by atoms with van der Waals surface area (Å²) in [7, 11) is 0. The Bertz CT molecular complexity index is 498. The van der Waals surface area contributed by atoms with Gasteiger partial charge in [0.2, 0.25) is 0 Å². The molecular formula is C14H16S. The topological polar surface area (TPSA) is 0 Å². The maximum absolute atomic E-state index is 4.06. The van der Waals surface area contributed by atoms with Crippen LogP contribution in [0.25, 0.3) is 18.7 Å². The maximum atomic E-state index is 4.06. The van der Waals surface area contributed by atoms with Crippen LogP contribution in [0, 0.1) is 6.92 Å². The van der Waals surface area contributed by atoms with Crippen molar-refractivity contribution in [3.63, 3.8) is 0 Å². The summed E-state index contributed by atoms with van der Waals surface area (Å²) in [6, 6.07) is 0. The zero-order chi connectivity index (χ0) is 11.3. The molecule has 0 saturated carbocycles. The van der Waals surface area contributed by atoms with E-state index < -0.39 is 0 Å². The third kappa shape index (κ3) is 2.80. The highest BCUT2D eigenvalue weighted by molar-refractivity contribution is 7.09. The summed E-state index contributed by atoms with van der Waals surface area (Å²) in [4.78, 5) is 1.30. The highest BCUT2D eigenvalue weighted by atomic mass is 32.1. The van der Waals surface area contributed by atoms with Gasteiger partial charge in [0, 0.05) is 9.41 Å². The summed E-state index contributed by atoms with van der Waals surface area (Å²) >= 11 is 1.73. The molecule has 0 atom stereocenters. The van der Waals surface area contributed by atoms with E-state index in [9.17, 15) is 0 Å². The third-order valence-corrected chi connectivity index (χ3v) is 3.09. The summed E-state index contributed by atoms with van der Waals surface area (Å²) < 4.78 is 1.12. The van der Waals surface area contributed by atoms with Crippen molar-refractivity contribution in [2.24, 2.45) is 0 Å². The molecule has 1 heteroatoms. The van der Waals surface area contributed by atoms with Crippen LogP contribution in [-0.4, -0.2) is 0 Å². The smallest absolute Gasteiger partial charge is 0.0279 e. The van der Waals surface area contributed by atoms with Gasteiger partial charge >= 0.3 is 0 Å². The average Bonchev–Trinajstić information content (AvgIpc) is 2.47. The highest BCUT2D eigenvalue weighted by Gasteiger charge is 1.99. The Balaban J connectivity index is 3.42. The van der Waals surface area contributed by atoms with Crippen molar-refractivity contribution in [2.75, 3.05) is 0 Å². The van der Waals surface area contributed by atoms with Crippen molar-refractivity contribution >= 4 is 30.1 Å². The van der Waals surface area contributed by atoms with E-state index in [1.807, 2.05) is 25.2 Å². The maximum Gasteiger partial charge on any atom is 0.0279 e. The molecule has 15 heavy (non-hydrogen) atoms. The van der Waals surface area contributed by atoms with Crippen LogP contribution in [0.1, 0.15) is 17.4 Å². The summed E-state index contributed by atoms with van der Waals surface area (Å²) in [5.74, 6) is 0. The second-order valence-corrected chi connectivity index (χ2v) is 4.51. The van der Waals surface area contributed by atoms with E-state index in [-0.39, 0.29) is 0 Å². The average molecular weight is 216 g/mol. The van der Waals surface area contributed by atoms with Gasteiger partial charge in [-0.05, 0) is 24.6 Å². The minimum absolute atomic E-state index is 1.12. The molecular weight excluding hydrogens is 200 g/mol. The molecule has 1 aromatic rings. The van der Waals surface area contributed by atoms with Crippen LogP contribution in [0.5, 0.6) is 0 Å². The Morgan fingerprint density at radius 2 is 2.00 bits per heavy atom. The first-order valence-electron chi connectivity index (χ1n) is 4.91. The van der Waals surface area contributed by atoms with Crippen LogP contribution >= 0.6 is 11.3 Å². The van der Waals surface area contributed by atoms with Crippen molar-refractivity contribution in [1.82, 2.24) is 0 Å². The Kier molecular flexibility index (Phi) is 4.32. The molecule has 0 N–H and O–H groups in total. The second-order valence-electron chi connectivity index (χ2n) is 3.20. The minimum Gasteiger partial charge on any atom is -0.141 e. The minimum atomic E-state index is 1.12. The summed E-state index contributed by atoms with van der Waals surface area (Å²) in [5, 5.41) is 1.22. The molecule has 0 aliphatic carbocycles. The Labute approximate surface area is 95.3 Å². The van der Waals surface area contributed by atoms with Crippen LogP contribution in [0.15, 0.2) is 30.9 Å². The first kappa shape index (κ1) is 11.7. The van der Waals surface area contributed by atoms with Crippen molar-refractivity contribution in [3.05, 3.63) is 51.1 Å². The Morgan fingerprint density at radius 1 is 1.27 bits per heavy atom. The lowest BCUT2D eigenvalue weighted by Crippen LogP contribution is -2.18. The van der Waals surface area contributed by atoms with Crippen LogP contribution in [0.4, 0.5) is 0 Å². The zero-order valence-corrected chi connectivity index (χ0v) is 10.1. The first-order chi connectivity index (χ1) is 7.20. The highest BCUT2D eigenvalue weighted by Crippen LogP contribution is 2.07. The van der Waals surface area contributed by atoms with Gasteiger partial charge < -0.3 is 0 Å². The molecule has 0 nitrogen and oxygen atoms in total. The van der Waals surface area contributed by atoms with Crippen LogP contribution in [0.2, 0.25) is 0 Å². The van der Waals surface area contributed by atoms with Crippen molar-refractivity contribution in [3.8, 4) is 0 Å². The van der Waals surface area contributed by atoms with Gasteiger partial charge in [-0.2, -0.15) is 0 Å². The number of thiophene rings is 1. The molecule has 0 saturated heterocycles. The summed E-state index contributed by atoms with van der Waals surface area (Å²) in [6.45, 7) is 11.9. The van der Waals surface area contributed by atoms with Gasteiger partial charge in [0.15, 0.2) is 0 Å². The fourth-order valence-electron chi connectivity index (χ4n) is 1.38. The largest absolute Gasteiger partial charge is 0.141 e. The van der Waals surface area contributed by atoms with Crippen LogP contribution in [0.3, 0.4) is 0 Å². The van der Waals surface area contributed by atoms with Gasteiger partial charge in [-0.15, -0.1) is 11.3 Å². The first-order valence-corrected chi connectivity index (χ1v) is 5.72. The molecule has 1 heterocycles. The van der Waals surface area contributed by atoms with E-state index in [2.05, 4.69) is 32.2 Å². The molecule has 1 aromatic heterocycles. The van der Waals surface area contributed by atoms with E-state index >= 15 is 0 Å². The second kappa shape index (κ2) is 5.52. The molecule has 0 unspecified atom stereocenters. The molecule has 0 amide bonds. The molecule has 78 valence electrons. The summed E-state index contributed by atoms with van der Waals surface area (Å²) in [5.41, 5.74) is 1.25. The molecule has 0 aromatic carbocycles. The van der Waals surface area contributed by atoms with E-state index in [1.165, 1.54) is 15.7 Å². The Morgan fingerprint density at radius 3 is 2.60 bits per heavy atom. The molecule has 0 bridgehead atoms. The van der Waals surface area contributed by atoms with Gasteiger partial charge in [0.1, 0.15) is 0 Å². The van der Waals surface area contributed by atoms with Crippen molar-refractivity contribution in [2.45, 2.75) is 13.8 Å². The van der Waals surface area contributed by atoms with Crippen LogP contribution < -0.4 is 9.75 Å². The standard InChI is InChI=1S/C14H16S/c1-5-7-9-13-11(3)15-12(4)14(13)10-8-6-2/h5-10H,1,4H2,2-3H3/b8-6-,9-7-,14-10+. The number of allylic oxidation sites excluding steroid dienone is 4. The summed E-state index contributed by atoms with van der Waals surface area (Å²) in [6.07, 6.45) is 12.0. The van der Waals surface area contributed by atoms with Gasteiger partial charge in [-0.1, -0.05) is 49.6 Å². The monoisotopic (exact) mass is 216 g/mol. The molecule has 0 fully saturated rings. The van der Waals surface area contributed by atoms with E-state index in [4.69, 9.17) is 0 Å². The number of rotatable bonds is 3. The van der Waals surface area contributed by atoms with E-state index in [0.717, 1.165) is 4.53 Å². The number of aryl methyl sites for hydroxylation is 1. The molecule has 0 aliphatic rings. The van der Waals surface area contributed by atoms with Gasteiger partial charge in [-0.3, -0.25) is 0 Å². The van der Waals surface area contributed by atoms with Gasteiger partial charge in [-0.25, -0.2) is 0 Å². The molecule has 0 aliphatic heterocycles. The van der Waals surface area contributed by atoms with Gasteiger partial charge in [0.25, 0.3) is 0 Å². The van der Waals surface area contributed by atoms with E-state index in [1.54, 1.807) is 17.4 Å². The number of hydrogen-bond donors (Lipinski definition) is 0. The fourth-order valence-corrected chi connectivity index (χ4v) is 2.33. The number of hydrogen-bond acceptors (Lipinski definition) is 1. The van der Waals surface area contributed by atoms with Crippen molar-refractivity contribution < 1.29 is 0 Å². The molecule has 1 rings (SSSR count). The van der Waals surface area contributed by atoms with Crippen molar-refractivity contribution in [1.29, 1.82) is 0 Å². The zero-order valence-electron chi connectivity index (χ0n) is 9.29. The predicted molar refractivity (Wildman–Crippen MR) is 72.3 cm³/mol. The molecule has 0 radical (unpaired) electrons. The predicted octanol–water partition coefficient (Wildman–Crippen LogP) is 3.02. The lowest BCUT2D eigenvalue weighted by atomic mass is 10.2. The quantitative estimate of drug-likeness (QED) is 0.681. The molecule has 0 spiro atoms. The SMILES string of the molecule is C=C/C=C\c1c(C)sc(=C)/c1=C\C=C/C. The van der Waals surface area contributed by atoms with Crippen LogP contribution in [-0.2, 0) is 0 Å².